The maximum Gasteiger partial charge on any atom is 0.305 e. The standard InChI is InChI=1S/C18H26ClNO4S.C2H6/c1-4-24-18(21)9-8-15-7-5-6-10-20(15)25(22,23)17-12-13(2)16(19)11-14(17)3;1-2/h11-12,15H,4-10H2,1-3H3;1-2H3. The number of ether oxygens (including phenoxy) is 1. The Morgan fingerprint density at radius 1 is 1.22 bits per heavy atom. The molecule has 154 valence electrons. The minimum atomic E-state index is -3.62. The van der Waals surface area contributed by atoms with Crippen molar-refractivity contribution in [3.8, 4) is 0 Å². The van der Waals surface area contributed by atoms with Crippen molar-refractivity contribution in [3.05, 3.63) is 28.3 Å². The molecule has 1 aromatic carbocycles. The molecule has 0 aliphatic carbocycles. The van der Waals surface area contributed by atoms with Crippen molar-refractivity contribution < 1.29 is 17.9 Å². The van der Waals surface area contributed by atoms with Crippen molar-refractivity contribution >= 4 is 27.6 Å². The van der Waals surface area contributed by atoms with Crippen LogP contribution in [-0.4, -0.2) is 37.9 Å². The summed E-state index contributed by atoms with van der Waals surface area (Å²) in [6.07, 6.45) is 3.30. The smallest absolute Gasteiger partial charge is 0.305 e. The predicted octanol–water partition coefficient (Wildman–Crippen LogP) is 4.87. The molecule has 1 aliphatic rings. The molecule has 1 atom stereocenters. The summed E-state index contributed by atoms with van der Waals surface area (Å²) < 4.78 is 33.0. The van der Waals surface area contributed by atoms with Gasteiger partial charge < -0.3 is 4.74 Å². The molecule has 1 saturated heterocycles. The van der Waals surface area contributed by atoms with Gasteiger partial charge in [-0.05, 0) is 63.3 Å². The number of hydrogen-bond acceptors (Lipinski definition) is 4. The summed E-state index contributed by atoms with van der Waals surface area (Å²) in [5, 5.41) is 0.564. The van der Waals surface area contributed by atoms with Crippen LogP contribution in [0.3, 0.4) is 0 Å². The molecule has 0 bridgehead atoms. The first-order valence-electron chi connectivity index (χ1n) is 9.71. The minimum absolute atomic E-state index is 0.168. The molecule has 7 heteroatoms. The first kappa shape index (κ1) is 23.9. The highest BCUT2D eigenvalue weighted by Crippen LogP contribution is 2.31. The van der Waals surface area contributed by atoms with Crippen molar-refractivity contribution in [1.82, 2.24) is 4.31 Å². The van der Waals surface area contributed by atoms with E-state index in [1.807, 2.05) is 13.8 Å². The number of benzene rings is 1. The number of rotatable bonds is 6. The zero-order valence-corrected chi connectivity index (χ0v) is 18.6. The Hall–Kier alpha value is -1.11. The van der Waals surface area contributed by atoms with Crippen molar-refractivity contribution in [3.63, 3.8) is 0 Å². The molecule has 0 aromatic heterocycles. The van der Waals surface area contributed by atoms with Crippen LogP contribution in [0, 0.1) is 13.8 Å². The molecule has 5 nitrogen and oxygen atoms in total. The van der Waals surface area contributed by atoms with E-state index in [-0.39, 0.29) is 18.4 Å². The molecule has 0 spiro atoms. The van der Waals surface area contributed by atoms with Crippen LogP contribution in [0.1, 0.15) is 64.0 Å². The highest BCUT2D eigenvalue weighted by atomic mass is 35.5. The van der Waals surface area contributed by atoms with Crippen LogP contribution < -0.4 is 0 Å². The van der Waals surface area contributed by atoms with Gasteiger partial charge in [-0.25, -0.2) is 8.42 Å². The molecule has 27 heavy (non-hydrogen) atoms. The van der Waals surface area contributed by atoms with E-state index >= 15 is 0 Å². The number of piperidine rings is 1. The van der Waals surface area contributed by atoms with Crippen molar-refractivity contribution in [2.24, 2.45) is 0 Å². The summed E-state index contributed by atoms with van der Waals surface area (Å²) in [7, 11) is -3.62. The van der Waals surface area contributed by atoms with Gasteiger partial charge in [0.05, 0.1) is 11.5 Å². The number of carbonyl (C=O) groups is 1. The lowest BCUT2D eigenvalue weighted by atomic mass is 10.0. The third-order valence-electron chi connectivity index (χ3n) is 4.60. The fraction of sp³-hybridized carbons (Fsp3) is 0.650. The molecule has 1 aromatic rings. The third-order valence-corrected chi connectivity index (χ3v) is 7.10. The predicted molar refractivity (Wildman–Crippen MR) is 110 cm³/mol. The van der Waals surface area contributed by atoms with Gasteiger partial charge in [0.1, 0.15) is 0 Å². The summed E-state index contributed by atoms with van der Waals surface area (Å²) in [4.78, 5) is 11.9. The van der Waals surface area contributed by atoms with Gasteiger partial charge in [-0.1, -0.05) is 31.9 Å². The molecule has 2 rings (SSSR count). The number of aryl methyl sites for hydroxylation is 2. The Morgan fingerprint density at radius 3 is 2.52 bits per heavy atom. The van der Waals surface area contributed by atoms with Crippen LogP contribution in [0.4, 0.5) is 0 Å². The highest BCUT2D eigenvalue weighted by molar-refractivity contribution is 7.89. The molecule has 0 N–H and O–H groups in total. The average Bonchev–Trinajstić information content (AvgIpc) is 2.65. The highest BCUT2D eigenvalue weighted by Gasteiger charge is 2.34. The Labute approximate surface area is 169 Å². The monoisotopic (exact) mass is 417 g/mol. The van der Waals surface area contributed by atoms with Crippen LogP contribution >= 0.6 is 11.6 Å². The summed E-state index contributed by atoms with van der Waals surface area (Å²) in [6, 6.07) is 3.17. The molecule has 1 aliphatic heterocycles. The number of sulfonamides is 1. The van der Waals surface area contributed by atoms with E-state index in [2.05, 4.69) is 0 Å². The second kappa shape index (κ2) is 11.0. The molecular weight excluding hydrogens is 386 g/mol. The molecular formula is C20H32ClNO4S. The first-order valence-corrected chi connectivity index (χ1v) is 11.5. The van der Waals surface area contributed by atoms with Crippen LogP contribution in [-0.2, 0) is 19.6 Å². The zero-order valence-electron chi connectivity index (χ0n) is 17.0. The maximum absolute atomic E-state index is 13.2. The van der Waals surface area contributed by atoms with E-state index in [1.165, 1.54) is 0 Å². The minimum Gasteiger partial charge on any atom is -0.466 e. The SMILES string of the molecule is CC.CCOC(=O)CCC1CCCCN1S(=O)(=O)c1cc(C)c(Cl)cc1C. The third kappa shape index (κ3) is 6.19. The van der Waals surface area contributed by atoms with Crippen molar-refractivity contribution in [2.45, 2.75) is 77.7 Å². The first-order chi connectivity index (χ1) is 12.8. The topological polar surface area (TPSA) is 63.7 Å². The zero-order chi connectivity index (χ0) is 20.6. The molecule has 0 radical (unpaired) electrons. The van der Waals surface area contributed by atoms with Gasteiger partial charge in [0.15, 0.2) is 0 Å². The number of esters is 1. The number of nitrogens with zero attached hydrogens (tertiary/aromatic N) is 1. The second-order valence-electron chi connectivity index (χ2n) is 6.48. The van der Waals surface area contributed by atoms with Gasteiger partial charge in [-0.3, -0.25) is 4.79 Å². The van der Waals surface area contributed by atoms with Gasteiger partial charge in [0.2, 0.25) is 10.0 Å². The van der Waals surface area contributed by atoms with E-state index in [1.54, 1.807) is 37.2 Å². The normalized spacial score (nSPS) is 17.8. The van der Waals surface area contributed by atoms with E-state index < -0.39 is 10.0 Å². The maximum atomic E-state index is 13.2. The van der Waals surface area contributed by atoms with E-state index in [4.69, 9.17) is 16.3 Å². The van der Waals surface area contributed by atoms with E-state index in [9.17, 15) is 13.2 Å². The lowest BCUT2D eigenvalue weighted by Crippen LogP contribution is -2.44. The van der Waals surface area contributed by atoms with Gasteiger partial charge >= 0.3 is 5.97 Å². The van der Waals surface area contributed by atoms with Crippen molar-refractivity contribution in [1.29, 1.82) is 0 Å². The fourth-order valence-electron chi connectivity index (χ4n) is 3.26. The Bertz CT molecular complexity index is 734. The Balaban J connectivity index is 0.00000176. The molecule has 0 amide bonds. The van der Waals surface area contributed by atoms with E-state index in [0.717, 1.165) is 24.8 Å². The second-order valence-corrected chi connectivity index (χ2v) is 8.74. The lowest BCUT2D eigenvalue weighted by Gasteiger charge is -2.35. The molecule has 0 saturated carbocycles. The van der Waals surface area contributed by atoms with Gasteiger partial charge in [0, 0.05) is 24.0 Å². The largest absolute Gasteiger partial charge is 0.466 e. The number of halogens is 1. The van der Waals surface area contributed by atoms with E-state index in [0.29, 0.717) is 35.1 Å². The average molecular weight is 418 g/mol. The van der Waals surface area contributed by atoms with Gasteiger partial charge in [-0.15, -0.1) is 0 Å². The Morgan fingerprint density at radius 2 is 1.89 bits per heavy atom. The summed E-state index contributed by atoms with van der Waals surface area (Å²) in [5.41, 5.74) is 1.39. The van der Waals surface area contributed by atoms with Crippen LogP contribution in [0.25, 0.3) is 0 Å². The van der Waals surface area contributed by atoms with Gasteiger partial charge in [-0.2, -0.15) is 4.31 Å². The Kier molecular flexibility index (Phi) is 9.77. The van der Waals surface area contributed by atoms with Crippen LogP contribution in [0.2, 0.25) is 5.02 Å². The number of carbonyl (C=O) groups excluding carboxylic acids is 1. The molecule has 1 heterocycles. The quantitative estimate of drug-likeness (QED) is 0.619. The molecule has 1 fully saturated rings. The summed E-state index contributed by atoms with van der Waals surface area (Å²) >= 11 is 6.10. The van der Waals surface area contributed by atoms with Gasteiger partial charge in [0.25, 0.3) is 0 Å². The summed E-state index contributed by atoms with van der Waals surface area (Å²) in [6.45, 7) is 10.2. The molecule has 1 unspecified atom stereocenters. The number of hydrogen-bond donors (Lipinski definition) is 0. The fourth-order valence-corrected chi connectivity index (χ4v) is 5.49. The summed E-state index contributed by atoms with van der Waals surface area (Å²) in [5.74, 6) is -0.274. The van der Waals surface area contributed by atoms with Crippen LogP contribution in [0.15, 0.2) is 17.0 Å². The lowest BCUT2D eigenvalue weighted by molar-refractivity contribution is -0.143. The van der Waals surface area contributed by atoms with Crippen LogP contribution in [0.5, 0.6) is 0 Å². The van der Waals surface area contributed by atoms with Crippen molar-refractivity contribution in [2.75, 3.05) is 13.2 Å².